The number of carbonyl (C=O) groups excluding carboxylic acids is 2. The number of halogens is 3. The Balaban J connectivity index is 1.46. The SMILES string of the molecule is O=C(Nc1ccc(F)cc1C(=O)NCC(F)(F)C(=O)O)OCC1c2ccccc2-c2ccccc21. The van der Waals surface area contributed by atoms with Gasteiger partial charge in [-0.1, -0.05) is 48.5 Å². The van der Waals surface area contributed by atoms with Crippen LogP contribution in [0.2, 0.25) is 0 Å². The van der Waals surface area contributed by atoms with Gasteiger partial charge in [0.15, 0.2) is 0 Å². The van der Waals surface area contributed by atoms with Crippen molar-refractivity contribution in [3.63, 3.8) is 0 Å². The van der Waals surface area contributed by atoms with Crippen LogP contribution in [0.5, 0.6) is 0 Å². The van der Waals surface area contributed by atoms with Crippen LogP contribution < -0.4 is 10.6 Å². The minimum Gasteiger partial charge on any atom is -0.477 e. The first-order chi connectivity index (χ1) is 16.7. The van der Waals surface area contributed by atoms with E-state index in [1.54, 1.807) is 5.32 Å². The second-order valence-electron chi connectivity index (χ2n) is 7.83. The van der Waals surface area contributed by atoms with E-state index in [1.807, 2.05) is 48.5 Å². The Morgan fingerprint density at radius 1 is 0.943 bits per heavy atom. The summed E-state index contributed by atoms with van der Waals surface area (Å²) in [6, 6.07) is 18.2. The highest BCUT2D eigenvalue weighted by molar-refractivity contribution is 6.02. The first-order valence-electron chi connectivity index (χ1n) is 10.5. The van der Waals surface area contributed by atoms with Gasteiger partial charge in [0, 0.05) is 5.92 Å². The monoisotopic (exact) mass is 484 g/mol. The van der Waals surface area contributed by atoms with Gasteiger partial charge in [-0.3, -0.25) is 10.1 Å². The number of hydrogen-bond donors (Lipinski definition) is 3. The third-order valence-corrected chi connectivity index (χ3v) is 5.59. The fourth-order valence-corrected chi connectivity index (χ4v) is 3.92. The normalized spacial score (nSPS) is 12.4. The lowest BCUT2D eigenvalue weighted by Gasteiger charge is -2.16. The van der Waals surface area contributed by atoms with E-state index in [0.29, 0.717) is 0 Å². The summed E-state index contributed by atoms with van der Waals surface area (Å²) in [5.74, 6) is -8.92. The smallest absolute Gasteiger partial charge is 0.411 e. The minimum absolute atomic E-state index is 0.0204. The van der Waals surface area contributed by atoms with Crippen molar-refractivity contribution in [1.29, 1.82) is 0 Å². The van der Waals surface area contributed by atoms with Crippen LogP contribution >= 0.6 is 0 Å². The van der Waals surface area contributed by atoms with Crippen molar-refractivity contribution in [2.75, 3.05) is 18.5 Å². The van der Waals surface area contributed by atoms with E-state index in [2.05, 4.69) is 5.32 Å². The Labute approximate surface area is 197 Å². The lowest BCUT2D eigenvalue weighted by molar-refractivity contribution is -0.163. The molecule has 0 heterocycles. The van der Waals surface area contributed by atoms with Crippen molar-refractivity contribution >= 4 is 23.7 Å². The molecule has 0 radical (unpaired) electrons. The molecule has 0 unspecified atom stereocenters. The number of benzene rings is 3. The van der Waals surface area contributed by atoms with Gasteiger partial charge < -0.3 is 15.2 Å². The Morgan fingerprint density at radius 3 is 2.14 bits per heavy atom. The van der Waals surface area contributed by atoms with E-state index >= 15 is 0 Å². The molecular weight excluding hydrogens is 465 g/mol. The van der Waals surface area contributed by atoms with Gasteiger partial charge in [0.1, 0.15) is 12.4 Å². The van der Waals surface area contributed by atoms with Crippen LogP contribution in [0.15, 0.2) is 66.7 Å². The Bertz CT molecular complexity index is 1270. The third-order valence-electron chi connectivity index (χ3n) is 5.59. The molecule has 10 heteroatoms. The molecule has 35 heavy (non-hydrogen) atoms. The molecule has 0 aliphatic heterocycles. The summed E-state index contributed by atoms with van der Waals surface area (Å²) in [5, 5.41) is 12.5. The van der Waals surface area contributed by atoms with Crippen LogP contribution in [0.3, 0.4) is 0 Å². The molecule has 0 aromatic heterocycles. The van der Waals surface area contributed by atoms with Crippen LogP contribution in [0.4, 0.5) is 23.7 Å². The van der Waals surface area contributed by atoms with E-state index in [1.165, 1.54) is 0 Å². The molecule has 0 saturated carbocycles. The van der Waals surface area contributed by atoms with Crippen LogP contribution in [0.1, 0.15) is 27.4 Å². The van der Waals surface area contributed by atoms with Crippen molar-refractivity contribution in [3.8, 4) is 11.1 Å². The van der Waals surface area contributed by atoms with Crippen molar-refractivity contribution in [3.05, 3.63) is 89.2 Å². The van der Waals surface area contributed by atoms with Gasteiger partial charge in [-0.25, -0.2) is 14.0 Å². The number of carboxylic acid groups (broad SMARTS) is 1. The molecule has 3 N–H and O–H groups in total. The van der Waals surface area contributed by atoms with Gasteiger partial charge >= 0.3 is 18.0 Å². The summed E-state index contributed by atoms with van der Waals surface area (Å²) in [5.41, 5.74) is 3.38. The van der Waals surface area contributed by atoms with Gasteiger partial charge in [0.2, 0.25) is 0 Å². The predicted molar refractivity (Wildman–Crippen MR) is 120 cm³/mol. The number of amides is 2. The molecule has 0 spiro atoms. The first-order valence-corrected chi connectivity index (χ1v) is 10.5. The van der Waals surface area contributed by atoms with E-state index < -0.39 is 41.8 Å². The number of aliphatic carboxylic acids is 1. The fraction of sp³-hybridized carbons (Fsp3) is 0.160. The van der Waals surface area contributed by atoms with Gasteiger partial charge in [-0.15, -0.1) is 0 Å². The quantitative estimate of drug-likeness (QED) is 0.453. The average Bonchev–Trinajstić information content (AvgIpc) is 3.16. The maximum atomic E-state index is 13.7. The average molecular weight is 484 g/mol. The number of ether oxygens (including phenoxy) is 1. The van der Waals surface area contributed by atoms with E-state index in [9.17, 15) is 27.6 Å². The minimum atomic E-state index is -4.22. The molecule has 4 rings (SSSR count). The summed E-state index contributed by atoms with van der Waals surface area (Å²) < 4.78 is 45.7. The Morgan fingerprint density at radius 2 is 1.54 bits per heavy atom. The molecule has 7 nitrogen and oxygen atoms in total. The highest BCUT2D eigenvalue weighted by atomic mass is 19.3. The molecule has 0 fully saturated rings. The third kappa shape index (κ3) is 4.96. The number of alkyl halides is 2. The van der Waals surface area contributed by atoms with Crippen molar-refractivity contribution in [2.24, 2.45) is 0 Å². The largest absolute Gasteiger partial charge is 0.477 e. The van der Waals surface area contributed by atoms with Crippen LogP contribution in [0.25, 0.3) is 11.1 Å². The highest BCUT2D eigenvalue weighted by Gasteiger charge is 2.39. The lowest BCUT2D eigenvalue weighted by atomic mass is 9.98. The van der Waals surface area contributed by atoms with Gasteiger partial charge in [0.25, 0.3) is 5.91 Å². The van der Waals surface area contributed by atoms with Crippen LogP contribution in [-0.2, 0) is 9.53 Å². The number of carboxylic acids is 1. The van der Waals surface area contributed by atoms with E-state index in [4.69, 9.17) is 9.84 Å². The second kappa shape index (κ2) is 9.49. The van der Waals surface area contributed by atoms with Gasteiger partial charge in [-0.2, -0.15) is 8.78 Å². The number of anilines is 1. The zero-order valence-corrected chi connectivity index (χ0v) is 18.1. The topological polar surface area (TPSA) is 105 Å². The van der Waals surface area contributed by atoms with Crippen LogP contribution in [0, 0.1) is 5.82 Å². The Kier molecular flexibility index (Phi) is 6.46. The van der Waals surface area contributed by atoms with Crippen molar-refractivity contribution in [1.82, 2.24) is 5.32 Å². The summed E-state index contributed by atoms with van der Waals surface area (Å²) in [4.78, 5) is 35.4. The number of nitrogens with one attached hydrogen (secondary N) is 2. The molecular formula is C25H19F3N2O5. The molecule has 0 atom stereocenters. The summed E-state index contributed by atoms with van der Waals surface area (Å²) in [6.07, 6.45) is -0.941. The van der Waals surface area contributed by atoms with Crippen LogP contribution in [-0.4, -0.2) is 42.2 Å². The first kappa shape index (κ1) is 23.8. The van der Waals surface area contributed by atoms with Gasteiger partial charge in [0.05, 0.1) is 17.8 Å². The van der Waals surface area contributed by atoms with Gasteiger partial charge in [-0.05, 0) is 40.5 Å². The maximum absolute atomic E-state index is 13.7. The molecule has 3 aromatic rings. The zero-order chi connectivity index (χ0) is 25.2. The summed E-state index contributed by atoms with van der Waals surface area (Å²) in [7, 11) is 0. The zero-order valence-electron chi connectivity index (χ0n) is 18.1. The molecule has 1 aliphatic rings. The molecule has 180 valence electrons. The molecule has 3 aromatic carbocycles. The summed E-state index contributed by atoms with van der Waals surface area (Å²) in [6.45, 7) is -1.53. The highest BCUT2D eigenvalue weighted by Crippen LogP contribution is 2.44. The van der Waals surface area contributed by atoms with E-state index in [0.717, 1.165) is 40.5 Å². The van der Waals surface area contributed by atoms with Crippen molar-refractivity contribution in [2.45, 2.75) is 11.8 Å². The number of rotatable bonds is 7. The predicted octanol–water partition coefficient (Wildman–Crippen LogP) is 4.64. The van der Waals surface area contributed by atoms with E-state index in [-0.39, 0.29) is 18.2 Å². The maximum Gasteiger partial charge on any atom is 0.411 e. The number of fused-ring (bicyclic) bond motifs is 3. The fourth-order valence-electron chi connectivity index (χ4n) is 3.92. The Hall–Kier alpha value is -4.34. The summed E-state index contributed by atoms with van der Waals surface area (Å²) >= 11 is 0. The number of carbonyl (C=O) groups is 3. The molecule has 0 bridgehead atoms. The molecule has 0 saturated heterocycles. The number of hydrogen-bond acceptors (Lipinski definition) is 4. The lowest BCUT2D eigenvalue weighted by Crippen LogP contribution is -2.42. The van der Waals surface area contributed by atoms with Crippen molar-refractivity contribution < 1.29 is 37.4 Å². The molecule has 1 aliphatic carbocycles. The second-order valence-corrected chi connectivity index (χ2v) is 7.83. The standard InChI is InChI=1S/C25H19F3N2O5/c26-14-9-10-21(19(11-14)22(31)29-13-25(27,28)23(32)33)30-24(34)35-12-20-17-7-3-1-5-15(17)16-6-2-4-8-18(16)20/h1-11,20H,12-13H2,(H,29,31)(H,30,34)(H,32,33). The molecule has 2 amide bonds.